The lowest BCUT2D eigenvalue weighted by Crippen LogP contribution is -2.07. The number of benzene rings is 1. The summed E-state index contributed by atoms with van der Waals surface area (Å²) in [6.45, 7) is 2.67. The van der Waals surface area contributed by atoms with Crippen LogP contribution in [0.3, 0.4) is 0 Å². The van der Waals surface area contributed by atoms with Crippen LogP contribution in [0.25, 0.3) is 5.69 Å². The minimum absolute atomic E-state index is 0.328. The highest BCUT2D eigenvalue weighted by atomic mass is 79.9. The van der Waals surface area contributed by atoms with Crippen LogP contribution in [0.15, 0.2) is 28.7 Å². The highest BCUT2D eigenvalue weighted by Crippen LogP contribution is 2.30. The molecule has 0 aliphatic carbocycles. The van der Waals surface area contributed by atoms with E-state index in [0.717, 1.165) is 21.6 Å². The zero-order valence-corrected chi connectivity index (χ0v) is 12.5. The molecule has 2 aromatic rings. The van der Waals surface area contributed by atoms with Gasteiger partial charge in [0.2, 0.25) is 0 Å². The molecule has 0 saturated carbocycles. The van der Waals surface area contributed by atoms with Gasteiger partial charge in [-0.15, -0.1) is 0 Å². The summed E-state index contributed by atoms with van der Waals surface area (Å²) >= 11 is 3.44. The SMILES string of the molecule is CCOC(=O)c1cc2n(n1)-c1cc(Br)ccc1OCC2. The van der Waals surface area contributed by atoms with Crippen molar-refractivity contribution in [2.75, 3.05) is 13.2 Å². The van der Waals surface area contributed by atoms with E-state index in [1.54, 1.807) is 17.7 Å². The molecule has 0 amide bonds. The quantitative estimate of drug-likeness (QED) is 0.791. The van der Waals surface area contributed by atoms with E-state index in [1.807, 2.05) is 18.2 Å². The summed E-state index contributed by atoms with van der Waals surface area (Å²) in [6, 6.07) is 7.49. The zero-order valence-electron chi connectivity index (χ0n) is 10.9. The van der Waals surface area contributed by atoms with Crippen molar-refractivity contribution in [3.05, 3.63) is 40.1 Å². The Bertz CT molecular complexity index is 666. The van der Waals surface area contributed by atoms with Gasteiger partial charge in [-0.05, 0) is 31.2 Å². The number of carbonyl (C=O) groups is 1. The third kappa shape index (κ3) is 2.31. The van der Waals surface area contributed by atoms with E-state index in [2.05, 4.69) is 21.0 Å². The van der Waals surface area contributed by atoms with Crippen molar-refractivity contribution in [2.24, 2.45) is 0 Å². The van der Waals surface area contributed by atoms with E-state index < -0.39 is 5.97 Å². The average molecular weight is 337 g/mol. The lowest BCUT2D eigenvalue weighted by Gasteiger charge is -2.08. The first kappa shape index (κ1) is 13.2. The number of nitrogens with zero attached hydrogens (tertiary/aromatic N) is 2. The third-order valence-corrected chi connectivity index (χ3v) is 3.53. The lowest BCUT2D eigenvalue weighted by atomic mass is 10.2. The predicted octanol–water partition coefficient (Wildman–Crippen LogP) is 2.75. The maximum atomic E-state index is 11.8. The van der Waals surface area contributed by atoms with Crippen LogP contribution in [0.4, 0.5) is 0 Å². The Morgan fingerprint density at radius 3 is 3.15 bits per heavy atom. The van der Waals surface area contributed by atoms with Gasteiger partial charge in [-0.25, -0.2) is 9.48 Å². The highest BCUT2D eigenvalue weighted by Gasteiger charge is 2.21. The van der Waals surface area contributed by atoms with Crippen LogP contribution in [-0.4, -0.2) is 29.0 Å². The van der Waals surface area contributed by atoms with Crippen molar-refractivity contribution >= 4 is 21.9 Å². The molecule has 0 N–H and O–H groups in total. The molecule has 0 fully saturated rings. The Labute approximate surface area is 124 Å². The Kier molecular flexibility index (Phi) is 3.48. The van der Waals surface area contributed by atoms with E-state index in [0.29, 0.717) is 25.3 Å². The first-order chi connectivity index (χ1) is 9.69. The fourth-order valence-corrected chi connectivity index (χ4v) is 2.50. The van der Waals surface area contributed by atoms with Crippen LogP contribution in [0, 0.1) is 0 Å². The zero-order chi connectivity index (χ0) is 14.1. The summed E-state index contributed by atoms with van der Waals surface area (Å²) in [5.41, 5.74) is 2.09. The van der Waals surface area contributed by atoms with Crippen LogP contribution >= 0.6 is 15.9 Å². The summed E-state index contributed by atoms with van der Waals surface area (Å²) in [5, 5.41) is 4.35. The van der Waals surface area contributed by atoms with Crippen molar-refractivity contribution in [3.63, 3.8) is 0 Å². The number of hydrogen-bond acceptors (Lipinski definition) is 4. The molecule has 0 saturated heterocycles. The van der Waals surface area contributed by atoms with Gasteiger partial charge in [-0.1, -0.05) is 15.9 Å². The molecule has 2 heterocycles. The minimum Gasteiger partial charge on any atom is -0.491 e. The van der Waals surface area contributed by atoms with Gasteiger partial charge in [0.05, 0.1) is 13.2 Å². The van der Waals surface area contributed by atoms with Crippen LogP contribution in [-0.2, 0) is 11.2 Å². The molecular formula is C14H13BrN2O3. The summed E-state index contributed by atoms with van der Waals surface area (Å²) in [5.74, 6) is 0.357. The number of hydrogen-bond donors (Lipinski definition) is 0. The van der Waals surface area contributed by atoms with E-state index in [4.69, 9.17) is 9.47 Å². The Balaban J connectivity index is 2.09. The summed E-state index contributed by atoms with van der Waals surface area (Å²) in [6.07, 6.45) is 0.693. The number of esters is 1. The van der Waals surface area contributed by atoms with Gasteiger partial charge in [0.15, 0.2) is 5.69 Å². The number of ether oxygens (including phenoxy) is 2. The molecule has 0 unspecified atom stereocenters. The topological polar surface area (TPSA) is 53.4 Å². The second-order valence-electron chi connectivity index (χ2n) is 4.36. The van der Waals surface area contributed by atoms with Crippen molar-refractivity contribution in [2.45, 2.75) is 13.3 Å². The van der Waals surface area contributed by atoms with Crippen LogP contribution in [0.1, 0.15) is 23.1 Å². The molecule has 0 atom stereocenters. The third-order valence-electron chi connectivity index (χ3n) is 3.03. The van der Waals surface area contributed by atoms with Gasteiger partial charge < -0.3 is 9.47 Å². The van der Waals surface area contributed by atoms with Gasteiger partial charge in [0, 0.05) is 16.6 Å². The maximum Gasteiger partial charge on any atom is 0.358 e. The molecule has 1 aliphatic heterocycles. The predicted molar refractivity (Wildman–Crippen MR) is 76.4 cm³/mol. The maximum absolute atomic E-state index is 11.8. The molecule has 6 heteroatoms. The molecular weight excluding hydrogens is 324 g/mol. The molecule has 1 aliphatic rings. The van der Waals surface area contributed by atoms with Crippen molar-refractivity contribution in [3.8, 4) is 11.4 Å². The van der Waals surface area contributed by atoms with Gasteiger partial charge >= 0.3 is 5.97 Å². The van der Waals surface area contributed by atoms with Gasteiger partial charge in [0.25, 0.3) is 0 Å². The monoisotopic (exact) mass is 336 g/mol. The summed E-state index contributed by atoms with van der Waals surface area (Å²) < 4.78 is 13.4. The molecule has 104 valence electrons. The fourth-order valence-electron chi connectivity index (χ4n) is 2.15. The number of carbonyl (C=O) groups excluding carboxylic acids is 1. The Morgan fingerprint density at radius 2 is 2.35 bits per heavy atom. The molecule has 20 heavy (non-hydrogen) atoms. The van der Waals surface area contributed by atoms with Gasteiger partial charge in [-0.2, -0.15) is 5.10 Å². The number of halogens is 1. The molecule has 5 nitrogen and oxygen atoms in total. The first-order valence-corrected chi connectivity index (χ1v) is 7.17. The minimum atomic E-state index is -0.398. The second kappa shape index (κ2) is 5.28. The molecule has 0 bridgehead atoms. The molecule has 3 rings (SSSR count). The fraction of sp³-hybridized carbons (Fsp3) is 0.286. The number of aromatic nitrogens is 2. The smallest absolute Gasteiger partial charge is 0.358 e. The van der Waals surface area contributed by atoms with E-state index in [-0.39, 0.29) is 0 Å². The molecule has 0 radical (unpaired) electrons. The second-order valence-corrected chi connectivity index (χ2v) is 5.28. The number of fused-ring (bicyclic) bond motifs is 3. The Morgan fingerprint density at radius 1 is 1.50 bits per heavy atom. The summed E-state index contributed by atoms with van der Waals surface area (Å²) in [4.78, 5) is 11.8. The normalized spacial score (nSPS) is 12.9. The van der Waals surface area contributed by atoms with E-state index >= 15 is 0 Å². The van der Waals surface area contributed by atoms with Gasteiger partial charge in [0.1, 0.15) is 11.4 Å². The summed E-state index contributed by atoms with van der Waals surface area (Å²) in [7, 11) is 0. The standard InChI is InChI=1S/C14H13BrN2O3/c1-2-19-14(18)11-8-10-5-6-20-13-4-3-9(15)7-12(13)17(10)16-11/h3-4,7-8H,2,5-6H2,1H3. The lowest BCUT2D eigenvalue weighted by molar-refractivity contribution is 0.0519. The van der Waals surface area contributed by atoms with Crippen LogP contribution in [0.5, 0.6) is 5.75 Å². The molecule has 1 aromatic heterocycles. The van der Waals surface area contributed by atoms with Gasteiger partial charge in [-0.3, -0.25) is 0 Å². The Hall–Kier alpha value is -1.82. The van der Waals surface area contributed by atoms with Crippen LogP contribution < -0.4 is 4.74 Å². The molecule has 1 aromatic carbocycles. The highest BCUT2D eigenvalue weighted by molar-refractivity contribution is 9.10. The number of rotatable bonds is 2. The van der Waals surface area contributed by atoms with Crippen LogP contribution in [0.2, 0.25) is 0 Å². The van der Waals surface area contributed by atoms with E-state index in [9.17, 15) is 4.79 Å². The average Bonchev–Trinajstić information content (AvgIpc) is 2.78. The van der Waals surface area contributed by atoms with Crippen molar-refractivity contribution in [1.29, 1.82) is 0 Å². The van der Waals surface area contributed by atoms with Crippen molar-refractivity contribution in [1.82, 2.24) is 9.78 Å². The first-order valence-electron chi connectivity index (χ1n) is 6.38. The molecule has 0 spiro atoms. The van der Waals surface area contributed by atoms with E-state index in [1.165, 1.54) is 0 Å². The van der Waals surface area contributed by atoms with Crippen molar-refractivity contribution < 1.29 is 14.3 Å². The largest absolute Gasteiger partial charge is 0.491 e.